The molecule has 0 aliphatic heterocycles. The molecule has 0 amide bonds. The second-order valence-electron chi connectivity index (χ2n) is 3.90. The second kappa shape index (κ2) is 13.6. The van der Waals surface area contributed by atoms with Crippen LogP contribution in [0.2, 0.25) is 12.1 Å². The molecule has 0 saturated carbocycles. The average molecular weight is 333 g/mol. The zero-order valence-electron chi connectivity index (χ0n) is 12.0. The maximum Gasteiger partial charge on any atom is 0.245 e. The van der Waals surface area contributed by atoms with Gasteiger partial charge in [-0.05, 0) is 19.9 Å². The highest BCUT2D eigenvalue weighted by atomic mass is 35.5. The highest BCUT2D eigenvalue weighted by Crippen LogP contribution is 2.24. The smallest absolute Gasteiger partial charge is 0.245 e. The maximum absolute atomic E-state index is 6.37. The molecule has 7 heteroatoms. The van der Waals surface area contributed by atoms with Gasteiger partial charge in [-0.1, -0.05) is 11.6 Å². The van der Waals surface area contributed by atoms with Crippen LogP contribution in [0.15, 0.2) is 0 Å². The quantitative estimate of drug-likeness (QED) is 0.211. The van der Waals surface area contributed by atoms with E-state index in [1.54, 1.807) is 0 Å². The van der Waals surface area contributed by atoms with Gasteiger partial charge in [0.25, 0.3) is 0 Å². The molecule has 0 aromatic carbocycles. The number of ether oxygens (including phenoxy) is 4. The summed E-state index contributed by atoms with van der Waals surface area (Å²) in [5.41, 5.74) is 0. The summed E-state index contributed by atoms with van der Waals surface area (Å²) in [4.78, 5) is 0. The lowest BCUT2D eigenvalue weighted by atomic mass is 10.6. The van der Waals surface area contributed by atoms with Crippen LogP contribution in [0.1, 0.15) is 13.8 Å². The Morgan fingerprint density at radius 2 is 1.47 bits per heavy atom. The van der Waals surface area contributed by atoms with Gasteiger partial charge in [0.05, 0.1) is 26.4 Å². The van der Waals surface area contributed by atoms with Crippen molar-refractivity contribution in [3.63, 3.8) is 0 Å². The molecular formula is C12H26Cl2O4Si. The van der Waals surface area contributed by atoms with Crippen LogP contribution in [0, 0.1) is 0 Å². The van der Waals surface area contributed by atoms with E-state index in [0.29, 0.717) is 45.5 Å². The van der Waals surface area contributed by atoms with Crippen molar-refractivity contribution in [3.8, 4) is 0 Å². The lowest BCUT2D eigenvalue weighted by molar-refractivity contribution is -0.178. The second-order valence-corrected chi connectivity index (χ2v) is 6.76. The number of rotatable bonds is 14. The summed E-state index contributed by atoms with van der Waals surface area (Å²) >= 11 is 12.1. The Labute approximate surface area is 128 Å². The van der Waals surface area contributed by atoms with Crippen LogP contribution < -0.4 is 0 Å². The minimum Gasteiger partial charge on any atom is -0.379 e. The highest BCUT2D eigenvalue weighted by Gasteiger charge is 2.28. The molecule has 0 aliphatic carbocycles. The number of hydrogen-bond acceptors (Lipinski definition) is 4. The first kappa shape index (κ1) is 19.6. The molecule has 0 N–H and O–H groups in total. The standard InChI is InChI=1S/C12H26Cl2O4Si/c1-3-15-6-8-17-12(14,11-19-10-5-13)18-9-7-16-4-2/h3-11,19H2,1-2H3. The van der Waals surface area contributed by atoms with Crippen LogP contribution in [0.25, 0.3) is 0 Å². The number of alkyl halides is 2. The van der Waals surface area contributed by atoms with Gasteiger partial charge in [0.15, 0.2) is 0 Å². The third-order valence-corrected chi connectivity index (χ3v) is 5.66. The lowest BCUT2D eigenvalue weighted by Crippen LogP contribution is -2.33. The van der Waals surface area contributed by atoms with Crippen molar-refractivity contribution in [2.75, 3.05) is 45.5 Å². The van der Waals surface area contributed by atoms with Crippen LogP contribution in [-0.4, -0.2) is 60.3 Å². The Balaban J connectivity index is 3.96. The van der Waals surface area contributed by atoms with Gasteiger partial charge in [-0.15, -0.1) is 11.6 Å². The molecule has 19 heavy (non-hydrogen) atoms. The molecule has 116 valence electrons. The van der Waals surface area contributed by atoms with E-state index >= 15 is 0 Å². The summed E-state index contributed by atoms with van der Waals surface area (Å²) in [7, 11) is -0.367. The van der Waals surface area contributed by atoms with E-state index in [4.69, 9.17) is 42.1 Å². The molecule has 0 aromatic heterocycles. The predicted molar refractivity (Wildman–Crippen MR) is 82.4 cm³/mol. The van der Waals surface area contributed by atoms with Gasteiger partial charge < -0.3 is 18.9 Å². The zero-order chi connectivity index (χ0) is 14.4. The summed E-state index contributed by atoms with van der Waals surface area (Å²) in [6.07, 6.45) is 0. The van der Waals surface area contributed by atoms with E-state index in [9.17, 15) is 0 Å². The average Bonchev–Trinajstić information content (AvgIpc) is 2.41. The van der Waals surface area contributed by atoms with Gasteiger partial charge in [-0.2, -0.15) is 0 Å². The van der Waals surface area contributed by atoms with Crippen LogP contribution in [0.4, 0.5) is 0 Å². The third kappa shape index (κ3) is 12.1. The van der Waals surface area contributed by atoms with E-state index in [0.717, 1.165) is 12.1 Å². The first-order chi connectivity index (χ1) is 9.18. The van der Waals surface area contributed by atoms with Gasteiger partial charge >= 0.3 is 0 Å². The van der Waals surface area contributed by atoms with E-state index in [1.165, 1.54) is 0 Å². The zero-order valence-corrected chi connectivity index (χ0v) is 14.9. The maximum atomic E-state index is 6.37. The topological polar surface area (TPSA) is 36.9 Å². The SMILES string of the molecule is CCOCCOC(Cl)(C[SiH2]CCCl)OCCOCC. The summed E-state index contributed by atoms with van der Waals surface area (Å²) < 4.78 is 21.7. The lowest BCUT2D eigenvalue weighted by Gasteiger charge is -2.27. The Kier molecular flexibility index (Phi) is 14.1. The number of hydrogen-bond donors (Lipinski definition) is 0. The van der Waals surface area contributed by atoms with Crippen molar-refractivity contribution in [2.24, 2.45) is 0 Å². The van der Waals surface area contributed by atoms with Gasteiger partial charge in [-0.25, -0.2) is 0 Å². The van der Waals surface area contributed by atoms with Crippen LogP contribution in [-0.2, 0) is 18.9 Å². The Morgan fingerprint density at radius 1 is 0.947 bits per heavy atom. The van der Waals surface area contributed by atoms with Crippen molar-refractivity contribution in [1.29, 1.82) is 0 Å². The van der Waals surface area contributed by atoms with Gasteiger partial charge in [-0.3, -0.25) is 0 Å². The van der Waals surface area contributed by atoms with Crippen LogP contribution in [0.5, 0.6) is 0 Å². The summed E-state index contributed by atoms with van der Waals surface area (Å²) in [5, 5.41) is -1.04. The summed E-state index contributed by atoms with van der Waals surface area (Å²) in [6.45, 7) is 7.14. The van der Waals surface area contributed by atoms with Crippen molar-refractivity contribution >= 4 is 32.7 Å². The monoisotopic (exact) mass is 332 g/mol. The predicted octanol–water partition coefficient (Wildman–Crippen LogP) is 2.23. The Morgan fingerprint density at radius 3 is 1.89 bits per heavy atom. The molecule has 0 saturated heterocycles. The fourth-order valence-electron chi connectivity index (χ4n) is 1.41. The molecule has 0 rings (SSSR count). The van der Waals surface area contributed by atoms with E-state index in [-0.39, 0.29) is 9.52 Å². The Hall–Kier alpha value is 0.637. The highest BCUT2D eigenvalue weighted by molar-refractivity contribution is 6.40. The minimum atomic E-state index is -1.04. The largest absolute Gasteiger partial charge is 0.379 e. The van der Waals surface area contributed by atoms with E-state index in [1.807, 2.05) is 13.8 Å². The first-order valence-corrected chi connectivity index (χ1v) is 9.78. The molecular weight excluding hydrogens is 307 g/mol. The molecule has 0 radical (unpaired) electrons. The molecule has 0 aromatic rings. The van der Waals surface area contributed by atoms with Crippen LogP contribution in [0.3, 0.4) is 0 Å². The summed E-state index contributed by atoms with van der Waals surface area (Å²) in [6, 6.07) is 1.76. The fraction of sp³-hybridized carbons (Fsp3) is 1.00. The van der Waals surface area contributed by atoms with Crippen molar-refractivity contribution in [3.05, 3.63) is 0 Å². The molecule has 0 fully saturated rings. The van der Waals surface area contributed by atoms with Crippen LogP contribution >= 0.6 is 23.2 Å². The summed E-state index contributed by atoms with van der Waals surface area (Å²) in [5.74, 6) is 0.678. The van der Waals surface area contributed by atoms with E-state index in [2.05, 4.69) is 0 Å². The molecule has 0 atom stereocenters. The van der Waals surface area contributed by atoms with Gasteiger partial charge in [0, 0.05) is 34.7 Å². The van der Waals surface area contributed by atoms with Gasteiger partial charge in [0.2, 0.25) is 5.25 Å². The Bertz CT molecular complexity index is 187. The molecule has 0 heterocycles. The van der Waals surface area contributed by atoms with Crippen molar-refractivity contribution < 1.29 is 18.9 Å². The molecule has 0 spiro atoms. The number of halogens is 2. The van der Waals surface area contributed by atoms with Gasteiger partial charge in [0.1, 0.15) is 0 Å². The molecule has 4 nitrogen and oxygen atoms in total. The first-order valence-electron chi connectivity index (χ1n) is 6.86. The third-order valence-electron chi connectivity index (χ3n) is 2.36. The van der Waals surface area contributed by atoms with Crippen molar-refractivity contribution in [1.82, 2.24) is 0 Å². The van der Waals surface area contributed by atoms with Crippen molar-refractivity contribution in [2.45, 2.75) is 31.2 Å². The fourth-order valence-corrected chi connectivity index (χ4v) is 3.68. The normalized spacial score (nSPS) is 12.6. The molecule has 0 bridgehead atoms. The molecule has 0 unspecified atom stereocenters. The molecule has 0 aliphatic rings. The van der Waals surface area contributed by atoms with E-state index < -0.39 is 5.25 Å². The minimum absolute atomic E-state index is 0.367.